The molecule has 1 atom stereocenters. The van der Waals surface area contributed by atoms with Crippen molar-refractivity contribution in [2.75, 3.05) is 6.61 Å². The summed E-state index contributed by atoms with van der Waals surface area (Å²) in [6.07, 6.45) is 2.31. The summed E-state index contributed by atoms with van der Waals surface area (Å²) in [7, 11) is 0. The van der Waals surface area contributed by atoms with Crippen molar-refractivity contribution >= 4 is 0 Å². The van der Waals surface area contributed by atoms with Crippen molar-refractivity contribution in [3.63, 3.8) is 0 Å². The number of hydrogen-bond donors (Lipinski definition) is 2. The molecule has 3 heteroatoms. The van der Waals surface area contributed by atoms with Gasteiger partial charge in [0.25, 0.3) is 0 Å². The van der Waals surface area contributed by atoms with E-state index in [4.69, 9.17) is 4.74 Å². The molecule has 0 amide bonds. The Labute approximate surface area is 116 Å². The quantitative estimate of drug-likeness (QED) is 0.879. The van der Waals surface area contributed by atoms with E-state index in [0.717, 1.165) is 30.6 Å². The molecule has 1 saturated heterocycles. The standard InChI is InChI=1S/C16H25NO2/c1-11-8-12(10-17-14-6-5-7-19-14)15(18)13(9-11)16(2,3)4/h8-9,14,17-18H,5-7,10H2,1-4H3. The van der Waals surface area contributed by atoms with Crippen molar-refractivity contribution in [1.82, 2.24) is 5.32 Å². The highest BCUT2D eigenvalue weighted by Crippen LogP contribution is 2.34. The molecule has 0 aliphatic carbocycles. The Morgan fingerprint density at radius 1 is 1.37 bits per heavy atom. The molecule has 1 aliphatic rings. The van der Waals surface area contributed by atoms with Crippen LogP contribution in [0.3, 0.4) is 0 Å². The zero-order valence-corrected chi connectivity index (χ0v) is 12.4. The van der Waals surface area contributed by atoms with Crippen LogP contribution in [0, 0.1) is 6.92 Å². The van der Waals surface area contributed by atoms with Crippen molar-refractivity contribution in [1.29, 1.82) is 0 Å². The van der Waals surface area contributed by atoms with Gasteiger partial charge in [0.1, 0.15) is 12.0 Å². The Morgan fingerprint density at radius 2 is 2.11 bits per heavy atom. The summed E-state index contributed by atoms with van der Waals surface area (Å²) < 4.78 is 5.55. The van der Waals surface area contributed by atoms with Crippen LogP contribution in [0.25, 0.3) is 0 Å². The van der Waals surface area contributed by atoms with Crippen LogP contribution in [0.1, 0.15) is 50.3 Å². The molecule has 1 aliphatic heterocycles. The molecule has 1 aromatic rings. The molecule has 0 bridgehead atoms. The van der Waals surface area contributed by atoms with Gasteiger partial charge in [-0.3, -0.25) is 5.32 Å². The molecule has 0 spiro atoms. The SMILES string of the molecule is Cc1cc(CNC2CCCO2)c(O)c(C(C)(C)C)c1. The highest BCUT2D eigenvalue weighted by molar-refractivity contribution is 5.46. The summed E-state index contributed by atoms with van der Waals surface area (Å²) in [5.41, 5.74) is 3.11. The van der Waals surface area contributed by atoms with Gasteiger partial charge in [0, 0.05) is 18.7 Å². The fraction of sp³-hybridized carbons (Fsp3) is 0.625. The maximum Gasteiger partial charge on any atom is 0.123 e. The van der Waals surface area contributed by atoms with Crippen LogP contribution in [-0.2, 0) is 16.7 Å². The number of phenols is 1. The minimum Gasteiger partial charge on any atom is -0.507 e. The van der Waals surface area contributed by atoms with E-state index in [1.54, 1.807) is 0 Å². The van der Waals surface area contributed by atoms with Crippen molar-refractivity contribution in [2.45, 2.75) is 58.7 Å². The Hall–Kier alpha value is -1.06. The first kappa shape index (κ1) is 14.4. The monoisotopic (exact) mass is 263 g/mol. The molecule has 1 aromatic carbocycles. The predicted molar refractivity (Wildman–Crippen MR) is 77.4 cm³/mol. The summed E-state index contributed by atoms with van der Waals surface area (Å²) in [6.45, 7) is 9.94. The molecule has 0 aromatic heterocycles. The maximum absolute atomic E-state index is 10.4. The van der Waals surface area contributed by atoms with Crippen molar-refractivity contribution in [3.8, 4) is 5.75 Å². The van der Waals surface area contributed by atoms with Gasteiger partial charge in [0.2, 0.25) is 0 Å². The molecule has 0 saturated carbocycles. The van der Waals surface area contributed by atoms with Crippen LogP contribution in [0.5, 0.6) is 5.75 Å². The van der Waals surface area contributed by atoms with Crippen LogP contribution in [0.4, 0.5) is 0 Å². The highest BCUT2D eigenvalue weighted by Gasteiger charge is 2.21. The summed E-state index contributed by atoms with van der Waals surface area (Å²) >= 11 is 0. The Morgan fingerprint density at radius 3 is 2.68 bits per heavy atom. The lowest BCUT2D eigenvalue weighted by Gasteiger charge is -2.23. The first-order chi connectivity index (χ1) is 8.88. The minimum absolute atomic E-state index is 0.0469. The molecule has 1 fully saturated rings. The average molecular weight is 263 g/mol. The van der Waals surface area contributed by atoms with Crippen molar-refractivity contribution in [2.24, 2.45) is 0 Å². The lowest BCUT2D eigenvalue weighted by atomic mass is 9.84. The van der Waals surface area contributed by atoms with E-state index in [9.17, 15) is 5.11 Å². The van der Waals surface area contributed by atoms with Gasteiger partial charge >= 0.3 is 0 Å². The minimum atomic E-state index is -0.0469. The summed E-state index contributed by atoms with van der Waals surface area (Å²) in [4.78, 5) is 0. The van der Waals surface area contributed by atoms with Crippen LogP contribution >= 0.6 is 0 Å². The van der Waals surface area contributed by atoms with Gasteiger partial charge in [-0.05, 0) is 30.7 Å². The largest absolute Gasteiger partial charge is 0.507 e. The Kier molecular flexibility index (Phi) is 4.16. The summed E-state index contributed by atoms with van der Waals surface area (Å²) in [6, 6.07) is 4.12. The molecule has 0 radical (unpaired) electrons. The van der Waals surface area contributed by atoms with Gasteiger partial charge in [-0.1, -0.05) is 38.5 Å². The van der Waals surface area contributed by atoms with Crippen molar-refractivity contribution < 1.29 is 9.84 Å². The van der Waals surface area contributed by atoms with Crippen LogP contribution < -0.4 is 5.32 Å². The fourth-order valence-corrected chi connectivity index (χ4v) is 2.52. The number of nitrogens with one attached hydrogen (secondary N) is 1. The van der Waals surface area contributed by atoms with Crippen LogP contribution in [-0.4, -0.2) is 17.9 Å². The highest BCUT2D eigenvalue weighted by atomic mass is 16.5. The van der Waals surface area contributed by atoms with Gasteiger partial charge in [-0.15, -0.1) is 0 Å². The lowest BCUT2D eigenvalue weighted by molar-refractivity contribution is 0.0826. The number of benzene rings is 1. The molecular weight excluding hydrogens is 238 g/mol. The predicted octanol–water partition coefficient (Wildman–Crippen LogP) is 3.22. The zero-order valence-electron chi connectivity index (χ0n) is 12.4. The third-order valence-electron chi connectivity index (χ3n) is 3.59. The molecular formula is C16H25NO2. The van der Waals surface area contributed by atoms with Crippen LogP contribution in [0.2, 0.25) is 0 Å². The smallest absolute Gasteiger partial charge is 0.123 e. The van der Waals surface area contributed by atoms with E-state index < -0.39 is 0 Å². The lowest BCUT2D eigenvalue weighted by Crippen LogP contribution is -2.27. The maximum atomic E-state index is 10.4. The fourth-order valence-electron chi connectivity index (χ4n) is 2.52. The van der Waals surface area contributed by atoms with E-state index >= 15 is 0 Å². The third-order valence-corrected chi connectivity index (χ3v) is 3.59. The molecule has 2 rings (SSSR count). The van der Waals surface area contributed by atoms with E-state index in [-0.39, 0.29) is 11.6 Å². The number of rotatable bonds is 3. The van der Waals surface area contributed by atoms with Crippen LogP contribution in [0.15, 0.2) is 12.1 Å². The van der Waals surface area contributed by atoms with E-state index in [1.165, 1.54) is 5.56 Å². The first-order valence-corrected chi connectivity index (χ1v) is 7.06. The zero-order chi connectivity index (χ0) is 14.0. The van der Waals surface area contributed by atoms with Gasteiger partial charge in [-0.25, -0.2) is 0 Å². The van der Waals surface area contributed by atoms with Gasteiger partial charge in [0.05, 0.1) is 0 Å². The summed E-state index contributed by atoms with van der Waals surface area (Å²) in [5.74, 6) is 0.420. The second kappa shape index (κ2) is 5.51. The van der Waals surface area contributed by atoms with Crippen molar-refractivity contribution in [3.05, 3.63) is 28.8 Å². The molecule has 2 N–H and O–H groups in total. The molecule has 3 nitrogen and oxygen atoms in total. The topological polar surface area (TPSA) is 41.5 Å². The average Bonchev–Trinajstić information content (AvgIpc) is 2.81. The second-order valence-electron chi connectivity index (χ2n) is 6.45. The number of hydrogen-bond acceptors (Lipinski definition) is 3. The second-order valence-corrected chi connectivity index (χ2v) is 6.45. The Balaban J connectivity index is 2.17. The van der Waals surface area contributed by atoms with E-state index in [2.05, 4.69) is 39.1 Å². The molecule has 1 unspecified atom stereocenters. The van der Waals surface area contributed by atoms with Gasteiger partial charge in [-0.2, -0.15) is 0 Å². The van der Waals surface area contributed by atoms with E-state index in [1.807, 2.05) is 6.07 Å². The summed E-state index contributed by atoms with van der Waals surface area (Å²) in [5, 5.41) is 13.8. The Bertz CT molecular complexity index is 443. The number of aryl methyl sites for hydroxylation is 1. The molecule has 106 valence electrons. The number of phenolic OH excluding ortho intramolecular Hbond substituents is 1. The molecule has 19 heavy (non-hydrogen) atoms. The number of ether oxygens (including phenoxy) is 1. The third kappa shape index (κ3) is 3.48. The van der Waals surface area contributed by atoms with Gasteiger partial charge < -0.3 is 9.84 Å². The van der Waals surface area contributed by atoms with E-state index in [0.29, 0.717) is 12.3 Å². The first-order valence-electron chi connectivity index (χ1n) is 7.06. The molecule has 1 heterocycles. The normalized spacial score (nSPS) is 19.9. The van der Waals surface area contributed by atoms with Gasteiger partial charge in [0.15, 0.2) is 0 Å². The number of aromatic hydroxyl groups is 1.